The Morgan fingerprint density at radius 2 is 1.53 bits per heavy atom. The smallest absolute Gasteiger partial charge is 0.169 e. The average Bonchev–Trinajstić information content (AvgIpc) is 2.16. The Kier molecular flexibility index (Phi) is 3.74. The minimum absolute atomic E-state index is 0.150. The van der Waals surface area contributed by atoms with Gasteiger partial charge in [-0.1, -0.05) is 52.5 Å². The first-order valence-electron chi connectivity index (χ1n) is 3.91. The molecule has 0 aliphatic rings. The minimum Gasteiger partial charge on any atom is -0.856 e. The van der Waals surface area contributed by atoms with Crippen LogP contribution in [-0.4, -0.2) is 10.9 Å². The summed E-state index contributed by atoms with van der Waals surface area (Å²) in [6.07, 6.45) is 0. The van der Waals surface area contributed by atoms with Crippen LogP contribution in [0.4, 0.5) is 0 Å². The molecule has 1 rings (SSSR count). The van der Waals surface area contributed by atoms with Crippen LogP contribution in [0.15, 0.2) is 24.3 Å². The number of rotatable bonds is 2. The highest BCUT2D eigenvalue weighted by molar-refractivity contribution is 6.68. The molecular formula is C9H7Cl3O3-2. The van der Waals surface area contributed by atoms with Gasteiger partial charge in [0.25, 0.3) is 0 Å². The largest absolute Gasteiger partial charge is 0.856 e. The van der Waals surface area contributed by atoms with Crippen LogP contribution in [0.3, 0.4) is 0 Å². The van der Waals surface area contributed by atoms with E-state index in [4.69, 9.17) is 39.5 Å². The first-order valence-corrected chi connectivity index (χ1v) is 5.04. The third kappa shape index (κ3) is 2.68. The monoisotopic (exact) mass is 268 g/mol. The van der Waals surface area contributed by atoms with Gasteiger partial charge in [-0.25, -0.2) is 0 Å². The van der Waals surface area contributed by atoms with Crippen LogP contribution in [0, 0.1) is 0 Å². The fourth-order valence-electron chi connectivity index (χ4n) is 0.974. The van der Waals surface area contributed by atoms with Gasteiger partial charge in [-0.05, 0) is 12.1 Å². The van der Waals surface area contributed by atoms with E-state index in [2.05, 4.69) is 0 Å². The highest BCUT2D eigenvalue weighted by Crippen LogP contribution is 2.39. The molecule has 3 nitrogen and oxygen atoms in total. The van der Waals surface area contributed by atoms with Gasteiger partial charge in [0.15, 0.2) is 3.79 Å². The molecule has 0 spiro atoms. The summed E-state index contributed by atoms with van der Waals surface area (Å²) in [6, 6.07) is 5.47. The minimum atomic E-state index is -3.04. The van der Waals surface area contributed by atoms with Crippen molar-refractivity contribution < 1.29 is 14.9 Å². The van der Waals surface area contributed by atoms with Crippen molar-refractivity contribution >= 4 is 34.8 Å². The van der Waals surface area contributed by atoms with E-state index in [-0.39, 0.29) is 5.56 Å². The van der Waals surface area contributed by atoms with Crippen molar-refractivity contribution in [2.75, 3.05) is 7.11 Å². The molecule has 84 valence electrons. The van der Waals surface area contributed by atoms with E-state index in [1.807, 2.05) is 0 Å². The molecule has 0 aliphatic heterocycles. The van der Waals surface area contributed by atoms with Gasteiger partial charge in [-0.15, -0.1) is 5.79 Å². The Balaban J connectivity index is 3.06. The van der Waals surface area contributed by atoms with Gasteiger partial charge in [0, 0.05) is 0 Å². The number of hydrogen-bond donors (Lipinski definition) is 0. The van der Waals surface area contributed by atoms with Crippen molar-refractivity contribution in [3.63, 3.8) is 0 Å². The van der Waals surface area contributed by atoms with Crippen molar-refractivity contribution in [2.24, 2.45) is 0 Å². The Morgan fingerprint density at radius 1 is 1.07 bits per heavy atom. The maximum atomic E-state index is 11.5. The van der Waals surface area contributed by atoms with Crippen molar-refractivity contribution in [2.45, 2.75) is 9.58 Å². The average molecular weight is 270 g/mol. The zero-order chi connectivity index (χ0) is 11.7. The summed E-state index contributed by atoms with van der Waals surface area (Å²) in [6.45, 7) is 0. The lowest BCUT2D eigenvalue weighted by Gasteiger charge is -2.54. The summed E-state index contributed by atoms with van der Waals surface area (Å²) in [7, 11) is 1.46. The van der Waals surface area contributed by atoms with E-state index in [9.17, 15) is 10.2 Å². The highest BCUT2D eigenvalue weighted by atomic mass is 35.6. The SMILES string of the molecule is COc1ccc(C([O-])([O-])C(Cl)(Cl)Cl)cc1. The molecule has 1 aromatic carbocycles. The van der Waals surface area contributed by atoms with E-state index in [0.29, 0.717) is 5.75 Å². The second-order valence-corrected chi connectivity index (χ2v) is 5.12. The Labute approximate surface area is 102 Å². The quantitative estimate of drug-likeness (QED) is 0.593. The summed E-state index contributed by atoms with van der Waals surface area (Å²) in [5, 5.41) is 23.1. The molecule has 0 aromatic heterocycles. The molecule has 0 fully saturated rings. The first kappa shape index (κ1) is 12.9. The van der Waals surface area contributed by atoms with Gasteiger partial charge in [0.2, 0.25) is 0 Å². The summed E-state index contributed by atoms with van der Waals surface area (Å²) in [5.41, 5.74) is -0.150. The maximum Gasteiger partial charge on any atom is 0.169 e. The highest BCUT2D eigenvalue weighted by Gasteiger charge is 2.29. The van der Waals surface area contributed by atoms with Crippen LogP contribution in [0.1, 0.15) is 5.56 Å². The number of benzene rings is 1. The molecule has 0 radical (unpaired) electrons. The number of hydrogen-bond acceptors (Lipinski definition) is 3. The second kappa shape index (κ2) is 4.36. The van der Waals surface area contributed by atoms with Gasteiger partial charge in [0.1, 0.15) is 5.75 Å². The van der Waals surface area contributed by atoms with Crippen molar-refractivity contribution in [3.05, 3.63) is 29.8 Å². The van der Waals surface area contributed by atoms with Crippen LogP contribution in [0.5, 0.6) is 5.75 Å². The fraction of sp³-hybridized carbons (Fsp3) is 0.333. The Morgan fingerprint density at radius 3 is 1.87 bits per heavy atom. The van der Waals surface area contributed by atoms with E-state index in [0.717, 1.165) is 0 Å². The molecule has 0 aliphatic carbocycles. The molecule has 15 heavy (non-hydrogen) atoms. The molecule has 1 aromatic rings. The number of methoxy groups -OCH3 is 1. The van der Waals surface area contributed by atoms with Gasteiger partial charge < -0.3 is 14.9 Å². The summed E-state index contributed by atoms with van der Waals surface area (Å²) >= 11 is 15.9. The Bertz CT molecular complexity index is 329. The van der Waals surface area contributed by atoms with Gasteiger partial charge in [-0.3, -0.25) is 0 Å². The molecule has 0 bridgehead atoms. The lowest BCUT2D eigenvalue weighted by molar-refractivity contribution is -0.733. The number of halogens is 3. The van der Waals surface area contributed by atoms with E-state index in [1.54, 1.807) is 0 Å². The van der Waals surface area contributed by atoms with Crippen LogP contribution < -0.4 is 14.9 Å². The lowest BCUT2D eigenvalue weighted by Crippen LogP contribution is -2.61. The molecule has 0 saturated heterocycles. The molecule has 0 heterocycles. The second-order valence-electron chi connectivity index (χ2n) is 2.84. The number of alkyl halides is 3. The zero-order valence-electron chi connectivity index (χ0n) is 7.67. The standard InChI is InChI=1S/C9H7Cl3O3/c1-15-7-4-2-6(3-5-7)8(13,14)9(10,11)12/h2-5H,1H3/q-2. The van der Waals surface area contributed by atoms with Crippen molar-refractivity contribution in [1.29, 1.82) is 0 Å². The van der Waals surface area contributed by atoms with Crippen molar-refractivity contribution in [1.82, 2.24) is 0 Å². The van der Waals surface area contributed by atoms with E-state index in [1.165, 1.54) is 31.4 Å². The third-order valence-electron chi connectivity index (χ3n) is 1.84. The van der Waals surface area contributed by atoms with Crippen molar-refractivity contribution in [3.8, 4) is 5.75 Å². The molecule has 6 heteroatoms. The fourth-order valence-corrected chi connectivity index (χ4v) is 1.30. The molecular weight excluding hydrogens is 262 g/mol. The van der Waals surface area contributed by atoms with Gasteiger partial charge in [0.05, 0.1) is 7.11 Å². The van der Waals surface area contributed by atoms with Crippen LogP contribution in [0.2, 0.25) is 0 Å². The van der Waals surface area contributed by atoms with Gasteiger partial charge >= 0.3 is 0 Å². The van der Waals surface area contributed by atoms with Crippen LogP contribution in [-0.2, 0) is 5.79 Å². The van der Waals surface area contributed by atoms with Crippen LogP contribution in [0.25, 0.3) is 0 Å². The third-order valence-corrected chi connectivity index (χ3v) is 2.59. The van der Waals surface area contributed by atoms with Gasteiger partial charge in [-0.2, -0.15) is 0 Å². The topological polar surface area (TPSA) is 55.3 Å². The lowest BCUT2D eigenvalue weighted by atomic mass is 10.1. The normalized spacial score (nSPS) is 12.7. The van der Waals surface area contributed by atoms with E-state index >= 15 is 0 Å². The predicted molar refractivity (Wildman–Crippen MR) is 55.0 cm³/mol. The summed E-state index contributed by atoms with van der Waals surface area (Å²) in [4.78, 5) is 0. The molecule has 0 saturated carbocycles. The molecule has 0 amide bonds. The predicted octanol–water partition coefficient (Wildman–Crippen LogP) is 0.939. The summed E-state index contributed by atoms with van der Waals surface area (Å²) in [5.74, 6) is -2.52. The zero-order valence-corrected chi connectivity index (χ0v) is 9.94. The first-order chi connectivity index (χ1) is 6.79. The van der Waals surface area contributed by atoms with E-state index < -0.39 is 9.58 Å². The molecule has 0 N–H and O–H groups in total. The summed E-state index contributed by atoms with van der Waals surface area (Å²) < 4.78 is 2.42. The number of ether oxygens (including phenoxy) is 1. The molecule has 0 unspecified atom stereocenters. The maximum absolute atomic E-state index is 11.5. The Hall–Kier alpha value is -0.190. The molecule has 0 atom stereocenters. The van der Waals surface area contributed by atoms with Crippen LogP contribution >= 0.6 is 34.8 Å².